The number of anilines is 4. The molecule has 1 fully saturated rings. The summed E-state index contributed by atoms with van der Waals surface area (Å²) in [5.74, 6) is -0.975. The fourth-order valence-corrected chi connectivity index (χ4v) is 4.71. The molecule has 1 heterocycles. The van der Waals surface area contributed by atoms with Crippen molar-refractivity contribution in [1.82, 2.24) is 14.8 Å². The van der Waals surface area contributed by atoms with Gasteiger partial charge in [0.2, 0.25) is 12.3 Å². The summed E-state index contributed by atoms with van der Waals surface area (Å²) in [5, 5.41) is 5.56. The van der Waals surface area contributed by atoms with Crippen LogP contribution in [-0.2, 0) is 23.1 Å². The summed E-state index contributed by atoms with van der Waals surface area (Å²) in [6.45, 7) is 3.32. The van der Waals surface area contributed by atoms with Crippen LogP contribution in [0.2, 0.25) is 0 Å². The number of nitrogens with zero attached hydrogens (tertiary/aromatic N) is 3. The number of halogens is 1. The molecule has 0 spiro atoms. The summed E-state index contributed by atoms with van der Waals surface area (Å²) in [6.07, 6.45) is 2.96. The second-order valence-electron chi connectivity index (χ2n) is 10.1. The average molecular weight is 548 g/mol. The minimum absolute atomic E-state index is 0.0413. The van der Waals surface area contributed by atoms with E-state index < -0.39 is 17.3 Å². The number of pyridine rings is 1. The van der Waals surface area contributed by atoms with E-state index in [9.17, 15) is 23.6 Å². The number of hydrogen-bond acceptors (Lipinski definition) is 5. The highest BCUT2D eigenvalue weighted by Crippen LogP contribution is 2.38. The molecule has 3 aromatic rings. The van der Waals surface area contributed by atoms with E-state index >= 15 is 0 Å². The van der Waals surface area contributed by atoms with Crippen LogP contribution in [-0.4, -0.2) is 47.8 Å². The number of carbonyl (C=O) groups excluding carboxylic acids is 3. The summed E-state index contributed by atoms with van der Waals surface area (Å²) < 4.78 is 16.2. The Morgan fingerprint density at radius 3 is 2.50 bits per heavy atom. The number of benzene rings is 2. The molecule has 210 valence electrons. The first-order valence-corrected chi connectivity index (χ1v) is 13.1. The highest BCUT2D eigenvalue weighted by molar-refractivity contribution is 6.09. The van der Waals surface area contributed by atoms with Gasteiger partial charge in [-0.3, -0.25) is 28.6 Å². The normalized spacial score (nSPS) is 12.6. The van der Waals surface area contributed by atoms with Crippen molar-refractivity contribution in [2.45, 2.75) is 45.6 Å². The number of carbonyl (C=O) groups is 3. The van der Waals surface area contributed by atoms with Crippen molar-refractivity contribution in [2.24, 2.45) is 7.05 Å². The third-order valence-corrected chi connectivity index (χ3v) is 7.25. The van der Waals surface area contributed by atoms with Crippen LogP contribution in [0.15, 0.2) is 47.3 Å². The van der Waals surface area contributed by atoms with Crippen molar-refractivity contribution >= 4 is 41.1 Å². The Kier molecular flexibility index (Phi) is 8.37. The smallest absolute Gasteiger partial charge is 0.259 e. The Hall–Kier alpha value is -4.47. The van der Waals surface area contributed by atoms with Gasteiger partial charge >= 0.3 is 0 Å². The summed E-state index contributed by atoms with van der Waals surface area (Å²) in [5.41, 5.74) is 1.98. The zero-order chi connectivity index (χ0) is 29.1. The van der Waals surface area contributed by atoms with Crippen molar-refractivity contribution in [3.8, 4) is 0 Å². The summed E-state index contributed by atoms with van der Waals surface area (Å²) >= 11 is 0. The lowest BCUT2D eigenvalue weighted by Crippen LogP contribution is -2.35. The SMILES string of the molecule is CNC(=O)CCc1cccc(N(C=O)c2c(C(=O)N(C)C3CC3)c(Nc3ccc(C)cc3F)n(C)c(=O)c2C)c1. The predicted octanol–water partition coefficient (Wildman–Crippen LogP) is 4.09. The second-order valence-corrected chi connectivity index (χ2v) is 10.1. The Bertz CT molecular complexity index is 1530. The van der Waals surface area contributed by atoms with Crippen LogP contribution >= 0.6 is 0 Å². The van der Waals surface area contributed by atoms with Crippen LogP contribution in [0, 0.1) is 19.7 Å². The van der Waals surface area contributed by atoms with Gasteiger partial charge in [-0.2, -0.15) is 0 Å². The van der Waals surface area contributed by atoms with Gasteiger partial charge in [0.1, 0.15) is 17.2 Å². The van der Waals surface area contributed by atoms with Crippen LogP contribution < -0.4 is 21.1 Å². The molecule has 1 aliphatic carbocycles. The summed E-state index contributed by atoms with van der Waals surface area (Å²) in [4.78, 5) is 54.8. The highest BCUT2D eigenvalue weighted by atomic mass is 19.1. The maximum Gasteiger partial charge on any atom is 0.259 e. The third kappa shape index (κ3) is 5.75. The Morgan fingerprint density at radius 1 is 1.15 bits per heavy atom. The maximum atomic E-state index is 14.9. The molecule has 0 aliphatic heterocycles. The number of nitrogens with one attached hydrogen (secondary N) is 2. The molecule has 1 aromatic heterocycles. The van der Waals surface area contributed by atoms with Crippen molar-refractivity contribution in [2.75, 3.05) is 24.3 Å². The molecule has 3 amide bonds. The monoisotopic (exact) mass is 547 g/mol. The van der Waals surface area contributed by atoms with Crippen LogP contribution in [0.4, 0.5) is 27.3 Å². The first-order valence-electron chi connectivity index (χ1n) is 13.1. The molecule has 2 aromatic carbocycles. The number of amides is 3. The van der Waals surface area contributed by atoms with E-state index in [1.807, 2.05) is 6.07 Å². The largest absolute Gasteiger partial charge is 0.359 e. The number of hydrogen-bond donors (Lipinski definition) is 2. The number of rotatable bonds is 10. The van der Waals surface area contributed by atoms with Gasteiger partial charge in [-0.15, -0.1) is 0 Å². The average Bonchev–Trinajstić information content (AvgIpc) is 3.79. The second kappa shape index (κ2) is 11.7. The van der Waals surface area contributed by atoms with E-state index in [0.717, 1.165) is 24.0 Å². The molecule has 2 N–H and O–H groups in total. The van der Waals surface area contributed by atoms with Crippen molar-refractivity contribution < 1.29 is 18.8 Å². The fourth-order valence-electron chi connectivity index (χ4n) is 4.71. The standard InChI is InChI=1S/C30H34FN5O4/c1-18-9-13-24(23(31)15-18)33-28-26(30(40)34(4)21-11-12-21)27(19(2)29(39)35(28)5)36(17-37)22-8-6-7-20(16-22)10-14-25(38)32-3/h6-9,13,15-17,21,33H,10-12,14H2,1-5H3,(H,32,38). The molecule has 1 aliphatic rings. The van der Waals surface area contributed by atoms with E-state index in [2.05, 4.69) is 10.6 Å². The highest BCUT2D eigenvalue weighted by Gasteiger charge is 2.35. The maximum absolute atomic E-state index is 14.9. The van der Waals surface area contributed by atoms with Crippen molar-refractivity contribution in [3.05, 3.63) is 80.9 Å². The first kappa shape index (κ1) is 28.5. The molecular formula is C30H34FN5O4. The molecule has 0 saturated heterocycles. The molecule has 0 radical (unpaired) electrons. The van der Waals surface area contributed by atoms with Crippen LogP contribution in [0.5, 0.6) is 0 Å². The molecule has 10 heteroatoms. The minimum atomic E-state index is -0.542. The van der Waals surface area contributed by atoms with E-state index in [4.69, 9.17) is 0 Å². The van der Waals surface area contributed by atoms with Gasteiger partial charge in [0.15, 0.2) is 0 Å². The van der Waals surface area contributed by atoms with Gasteiger partial charge in [-0.25, -0.2) is 4.39 Å². The van der Waals surface area contributed by atoms with Gasteiger partial charge in [-0.05, 0) is 68.5 Å². The molecule has 40 heavy (non-hydrogen) atoms. The molecule has 0 bridgehead atoms. The van der Waals surface area contributed by atoms with E-state index in [1.54, 1.807) is 63.2 Å². The molecule has 0 unspecified atom stereocenters. The van der Waals surface area contributed by atoms with Gasteiger partial charge in [-0.1, -0.05) is 18.2 Å². The van der Waals surface area contributed by atoms with Crippen molar-refractivity contribution in [3.63, 3.8) is 0 Å². The van der Waals surface area contributed by atoms with E-state index in [0.29, 0.717) is 18.5 Å². The fraction of sp³-hybridized carbons (Fsp3) is 0.333. The minimum Gasteiger partial charge on any atom is -0.359 e. The quantitative estimate of drug-likeness (QED) is 0.372. The van der Waals surface area contributed by atoms with Crippen molar-refractivity contribution in [1.29, 1.82) is 0 Å². The molecular weight excluding hydrogens is 513 g/mol. The lowest BCUT2D eigenvalue weighted by atomic mass is 10.0. The van der Waals surface area contributed by atoms with Gasteiger partial charge < -0.3 is 15.5 Å². The third-order valence-electron chi connectivity index (χ3n) is 7.25. The lowest BCUT2D eigenvalue weighted by Gasteiger charge is -2.28. The summed E-state index contributed by atoms with van der Waals surface area (Å²) in [7, 11) is 4.76. The van der Waals surface area contributed by atoms with Gasteiger partial charge in [0.05, 0.1) is 11.4 Å². The number of aryl methyl sites for hydroxylation is 2. The molecule has 4 rings (SSSR count). The first-order chi connectivity index (χ1) is 19.1. The Balaban J connectivity index is 1.92. The predicted molar refractivity (Wildman–Crippen MR) is 153 cm³/mol. The Labute approximate surface area is 232 Å². The van der Waals surface area contributed by atoms with Crippen LogP contribution in [0.3, 0.4) is 0 Å². The molecule has 0 atom stereocenters. The lowest BCUT2D eigenvalue weighted by molar-refractivity contribution is -0.120. The number of aromatic nitrogens is 1. The van der Waals surface area contributed by atoms with E-state index in [-0.39, 0.29) is 46.7 Å². The zero-order valence-corrected chi connectivity index (χ0v) is 23.4. The zero-order valence-electron chi connectivity index (χ0n) is 23.4. The topological polar surface area (TPSA) is 104 Å². The van der Waals surface area contributed by atoms with Gasteiger partial charge in [0.25, 0.3) is 11.5 Å². The van der Waals surface area contributed by atoms with Gasteiger partial charge in [0, 0.05) is 44.9 Å². The van der Waals surface area contributed by atoms with Crippen LogP contribution in [0.25, 0.3) is 0 Å². The van der Waals surface area contributed by atoms with Crippen LogP contribution in [0.1, 0.15) is 46.3 Å². The Morgan fingerprint density at radius 2 is 1.88 bits per heavy atom. The molecule has 9 nitrogen and oxygen atoms in total. The molecule has 1 saturated carbocycles. The van der Waals surface area contributed by atoms with E-state index in [1.165, 1.54) is 22.6 Å². The summed E-state index contributed by atoms with van der Waals surface area (Å²) in [6, 6.07) is 11.7.